The molecule has 35 heavy (non-hydrogen) atoms. The van der Waals surface area contributed by atoms with Crippen LogP contribution in [0.25, 0.3) is 10.9 Å². The maximum Gasteiger partial charge on any atom is 0.409 e. The topological polar surface area (TPSA) is 63.3 Å². The van der Waals surface area contributed by atoms with Crippen molar-refractivity contribution >= 4 is 17.0 Å². The first-order valence-electron chi connectivity index (χ1n) is 12.0. The molecule has 0 saturated carbocycles. The van der Waals surface area contributed by atoms with E-state index in [1.54, 1.807) is 0 Å². The number of allylic oxidation sites excluding steroid dienone is 1. The SMILES string of the molecule is CCOC(/C=C/[C@H](C)[C@H](c1ccccc1)c1c[nH]c2ccccc12)NC(=O)OCc1ccccc1. The number of aromatic nitrogens is 1. The maximum absolute atomic E-state index is 12.4. The van der Waals surface area contributed by atoms with Crippen molar-refractivity contribution in [3.05, 3.63) is 120 Å². The number of carbonyl (C=O) groups is 1. The predicted octanol–water partition coefficient (Wildman–Crippen LogP) is 6.78. The molecule has 0 radical (unpaired) electrons. The molecule has 0 aliphatic rings. The van der Waals surface area contributed by atoms with Gasteiger partial charge in [0.25, 0.3) is 0 Å². The van der Waals surface area contributed by atoms with Crippen LogP contribution in [-0.4, -0.2) is 23.9 Å². The van der Waals surface area contributed by atoms with Crippen LogP contribution in [0.3, 0.4) is 0 Å². The first-order chi connectivity index (χ1) is 17.2. The number of carbonyl (C=O) groups excluding carboxylic acids is 1. The number of alkyl carbamates (subject to hydrolysis) is 1. The molecule has 5 heteroatoms. The smallest absolute Gasteiger partial charge is 0.409 e. The fourth-order valence-electron chi connectivity index (χ4n) is 4.37. The summed E-state index contributed by atoms with van der Waals surface area (Å²) in [5.74, 6) is 0.276. The maximum atomic E-state index is 12.4. The summed E-state index contributed by atoms with van der Waals surface area (Å²) in [6, 6.07) is 28.5. The fraction of sp³-hybridized carbons (Fsp3) is 0.233. The number of amides is 1. The molecule has 180 valence electrons. The Balaban J connectivity index is 1.50. The lowest BCUT2D eigenvalue weighted by molar-refractivity contribution is 0.0599. The van der Waals surface area contributed by atoms with Gasteiger partial charge in [-0.25, -0.2) is 4.79 Å². The zero-order valence-corrected chi connectivity index (χ0v) is 20.2. The summed E-state index contributed by atoms with van der Waals surface area (Å²) in [5, 5.41) is 4.02. The third-order valence-electron chi connectivity index (χ3n) is 6.05. The number of rotatable bonds is 10. The van der Waals surface area contributed by atoms with E-state index in [2.05, 4.69) is 72.0 Å². The van der Waals surface area contributed by atoms with Gasteiger partial charge in [-0.15, -0.1) is 0 Å². The summed E-state index contributed by atoms with van der Waals surface area (Å²) in [6.07, 6.45) is 5.03. The Bertz CT molecular complexity index is 1230. The highest BCUT2D eigenvalue weighted by Crippen LogP contribution is 2.37. The molecule has 0 bridgehead atoms. The lowest BCUT2D eigenvalue weighted by atomic mass is 9.81. The second-order valence-electron chi connectivity index (χ2n) is 8.50. The number of hydrogen-bond acceptors (Lipinski definition) is 3. The molecule has 0 fully saturated rings. The molecule has 1 amide bonds. The highest BCUT2D eigenvalue weighted by Gasteiger charge is 2.23. The number of para-hydroxylation sites is 1. The normalized spacial score (nSPS) is 14.0. The van der Waals surface area contributed by atoms with E-state index in [1.807, 2.05) is 55.5 Å². The van der Waals surface area contributed by atoms with Crippen molar-refractivity contribution in [1.82, 2.24) is 10.3 Å². The van der Waals surface area contributed by atoms with Gasteiger partial charge in [0.15, 0.2) is 6.23 Å². The molecule has 3 atom stereocenters. The van der Waals surface area contributed by atoms with Crippen LogP contribution in [-0.2, 0) is 16.1 Å². The third kappa shape index (κ3) is 6.40. The molecular formula is C30H32N2O3. The summed E-state index contributed by atoms with van der Waals surface area (Å²) in [5.41, 5.74) is 4.53. The van der Waals surface area contributed by atoms with Crippen molar-refractivity contribution in [3.63, 3.8) is 0 Å². The Morgan fingerprint density at radius 2 is 1.63 bits per heavy atom. The molecule has 4 rings (SSSR count). The van der Waals surface area contributed by atoms with E-state index in [0.717, 1.165) is 11.1 Å². The Hall–Kier alpha value is -3.83. The molecule has 4 aromatic rings. The van der Waals surface area contributed by atoms with Crippen molar-refractivity contribution in [2.75, 3.05) is 6.61 Å². The number of nitrogens with one attached hydrogen (secondary N) is 2. The van der Waals surface area contributed by atoms with E-state index in [9.17, 15) is 4.79 Å². The summed E-state index contributed by atoms with van der Waals surface area (Å²) in [4.78, 5) is 15.8. The average Bonchev–Trinajstić information content (AvgIpc) is 3.31. The first kappa shape index (κ1) is 24.3. The van der Waals surface area contributed by atoms with E-state index >= 15 is 0 Å². The fourth-order valence-corrected chi connectivity index (χ4v) is 4.37. The van der Waals surface area contributed by atoms with Gasteiger partial charge in [0.1, 0.15) is 6.61 Å². The number of ether oxygens (including phenoxy) is 2. The molecule has 0 aliphatic carbocycles. The van der Waals surface area contributed by atoms with E-state index in [0.29, 0.717) is 6.61 Å². The van der Waals surface area contributed by atoms with E-state index < -0.39 is 12.3 Å². The van der Waals surface area contributed by atoms with Crippen LogP contribution in [0.4, 0.5) is 4.79 Å². The number of fused-ring (bicyclic) bond motifs is 1. The predicted molar refractivity (Wildman–Crippen MR) is 140 cm³/mol. The van der Waals surface area contributed by atoms with E-state index in [-0.39, 0.29) is 18.4 Å². The minimum atomic E-state index is -0.579. The van der Waals surface area contributed by atoms with Crippen molar-refractivity contribution in [2.45, 2.75) is 32.6 Å². The summed E-state index contributed by atoms with van der Waals surface area (Å²) in [7, 11) is 0. The minimum absolute atomic E-state index is 0.135. The summed E-state index contributed by atoms with van der Waals surface area (Å²) >= 11 is 0. The summed E-state index contributed by atoms with van der Waals surface area (Å²) in [6.45, 7) is 4.77. The molecule has 0 spiro atoms. The van der Waals surface area contributed by atoms with Crippen LogP contribution in [0.2, 0.25) is 0 Å². The third-order valence-corrected chi connectivity index (χ3v) is 6.05. The monoisotopic (exact) mass is 468 g/mol. The van der Waals surface area contributed by atoms with Gasteiger partial charge in [-0.2, -0.15) is 0 Å². The van der Waals surface area contributed by atoms with Crippen molar-refractivity contribution in [1.29, 1.82) is 0 Å². The highest BCUT2D eigenvalue weighted by atomic mass is 16.6. The van der Waals surface area contributed by atoms with Crippen LogP contribution < -0.4 is 5.32 Å². The van der Waals surface area contributed by atoms with E-state index in [1.165, 1.54) is 16.5 Å². The molecule has 1 aromatic heterocycles. The standard InChI is InChI=1S/C30H32N2O3/c1-3-34-28(32-30(33)35-21-23-12-6-4-7-13-23)19-18-22(2)29(24-14-8-5-9-15-24)26-20-31-27-17-11-10-16-25(26)27/h4-20,22,28-29,31H,3,21H2,1-2H3,(H,32,33)/b19-18+/t22-,28?,29+/m0/s1. The van der Waals surface area contributed by atoms with Crippen LogP contribution in [0.1, 0.15) is 36.5 Å². The lowest BCUT2D eigenvalue weighted by Crippen LogP contribution is -2.36. The second kappa shape index (κ2) is 12.0. The number of aromatic amines is 1. The zero-order chi connectivity index (χ0) is 24.5. The number of H-pyrrole nitrogens is 1. The van der Waals surface area contributed by atoms with Gasteiger partial charge in [-0.1, -0.05) is 91.9 Å². The molecule has 3 aromatic carbocycles. The molecule has 1 unspecified atom stereocenters. The van der Waals surface area contributed by atoms with Gasteiger partial charge in [-0.05, 0) is 41.7 Å². The minimum Gasteiger partial charge on any atom is -0.445 e. The second-order valence-corrected chi connectivity index (χ2v) is 8.50. The van der Waals surface area contributed by atoms with Crippen molar-refractivity contribution < 1.29 is 14.3 Å². The highest BCUT2D eigenvalue weighted by molar-refractivity contribution is 5.84. The Morgan fingerprint density at radius 3 is 2.37 bits per heavy atom. The number of benzene rings is 3. The Labute approximate surface area is 206 Å². The van der Waals surface area contributed by atoms with Gasteiger partial charge in [0, 0.05) is 29.6 Å². The molecule has 1 heterocycles. The molecule has 0 saturated heterocycles. The van der Waals surface area contributed by atoms with Crippen LogP contribution in [0, 0.1) is 5.92 Å². The zero-order valence-electron chi connectivity index (χ0n) is 20.2. The molecule has 2 N–H and O–H groups in total. The average molecular weight is 469 g/mol. The Morgan fingerprint density at radius 1 is 0.943 bits per heavy atom. The van der Waals surface area contributed by atoms with E-state index in [4.69, 9.17) is 9.47 Å². The largest absolute Gasteiger partial charge is 0.445 e. The van der Waals surface area contributed by atoms with Crippen LogP contribution in [0.5, 0.6) is 0 Å². The van der Waals surface area contributed by atoms with Gasteiger partial charge < -0.3 is 14.5 Å². The first-order valence-corrected chi connectivity index (χ1v) is 12.0. The Kier molecular flexibility index (Phi) is 8.36. The summed E-state index contributed by atoms with van der Waals surface area (Å²) < 4.78 is 11.1. The van der Waals surface area contributed by atoms with Gasteiger partial charge in [0.05, 0.1) is 0 Å². The van der Waals surface area contributed by atoms with Gasteiger partial charge >= 0.3 is 6.09 Å². The number of hydrogen-bond donors (Lipinski definition) is 2. The molecular weight excluding hydrogens is 436 g/mol. The van der Waals surface area contributed by atoms with Gasteiger partial charge in [0.2, 0.25) is 0 Å². The van der Waals surface area contributed by atoms with Crippen molar-refractivity contribution in [3.8, 4) is 0 Å². The van der Waals surface area contributed by atoms with Crippen LogP contribution in [0.15, 0.2) is 103 Å². The molecule has 0 aliphatic heterocycles. The molecule has 5 nitrogen and oxygen atoms in total. The lowest BCUT2D eigenvalue weighted by Gasteiger charge is -2.23. The van der Waals surface area contributed by atoms with Crippen molar-refractivity contribution in [2.24, 2.45) is 5.92 Å². The quantitative estimate of drug-likeness (QED) is 0.199. The van der Waals surface area contributed by atoms with Gasteiger partial charge in [-0.3, -0.25) is 5.32 Å². The van der Waals surface area contributed by atoms with Crippen LogP contribution >= 0.6 is 0 Å².